The number of halogens is 5. The van der Waals surface area contributed by atoms with Crippen LogP contribution in [0, 0.1) is 23.3 Å². The van der Waals surface area contributed by atoms with Crippen molar-refractivity contribution < 1.29 is 104 Å². The number of hydrogen-bond acceptors (Lipinski definition) is 30. The SMILES string of the molecule is CC(C)(C)OC(=O)n1cc(B2OC(C)(C)C(C)(C)O2)cn1.CCn1cc(-c2cnc(N)c(-c3ccc(C(=O)O)c(F)c3)n2)cn1.CCn1cc(-c2cnc(N)c(-c3ccc(C(=O)OC)c(F)c3)n2)cn1.COC(=O)c1ccc(-c2nc(-c3cn[nH]c3)cnc2N)cc1F.COC(=O)c1ccc(-c2nc(Br)cnc2N)cc1F.N[C@H](CO)c1ccccc1.[Li+].[OH-]. The minimum Gasteiger partial charge on any atom is -0.870 e. The number of carbonyl (C=O) groups excluding carboxylic acids is 4. The number of carbonyl (C=O) groups is 5. The van der Waals surface area contributed by atoms with Gasteiger partial charge < -0.3 is 72.6 Å². The van der Waals surface area contributed by atoms with Crippen LogP contribution in [0.1, 0.15) is 115 Å². The van der Waals surface area contributed by atoms with E-state index in [2.05, 4.69) is 95.5 Å². The molecule has 1 fully saturated rings. The van der Waals surface area contributed by atoms with E-state index in [-0.39, 0.29) is 82.6 Å². The van der Waals surface area contributed by atoms with Gasteiger partial charge in [-0.05, 0) is 132 Å². The first kappa shape index (κ1) is 97.6. The zero-order chi connectivity index (χ0) is 89.1. The Kier molecular flexibility index (Phi) is 34.1. The van der Waals surface area contributed by atoms with Gasteiger partial charge in [0.15, 0.2) is 0 Å². The van der Waals surface area contributed by atoms with E-state index in [0.29, 0.717) is 66.5 Å². The number of aliphatic hydroxyl groups is 1. The Morgan fingerprint density at radius 1 is 0.532 bits per heavy atom. The van der Waals surface area contributed by atoms with Crippen molar-refractivity contribution >= 4 is 81.8 Å². The minimum absolute atomic E-state index is 0. The molecule has 1 atom stereocenters. The van der Waals surface area contributed by atoms with E-state index in [4.69, 9.17) is 52.9 Å². The number of ether oxygens (including phenoxy) is 4. The number of hydrogen-bond donors (Lipinski definition) is 8. The molecule has 124 heavy (non-hydrogen) atoms. The number of methoxy groups -OCH3 is 3. The van der Waals surface area contributed by atoms with Crippen molar-refractivity contribution in [3.8, 4) is 78.8 Å². The van der Waals surface area contributed by atoms with Crippen LogP contribution in [0.2, 0.25) is 0 Å². The van der Waals surface area contributed by atoms with Gasteiger partial charge in [-0.25, -0.2) is 81.4 Å². The maximum atomic E-state index is 14.2. The number of aliphatic hydroxyl groups excluding tert-OH is 1. The molecule has 0 spiro atoms. The van der Waals surface area contributed by atoms with Crippen LogP contribution >= 0.6 is 15.9 Å². The number of nitrogens with two attached hydrogens (primary N) is 5. The molecule has 1 aliphatic heterocycles. The summed E-state index contributed by atoms with van der Waals surface area (Å²) in [5, 5.41) is 36.5. The Balaban J connectivity index is 0.000000207. The van der Waals surface area contributed by atoms with Crippen LogP contribution in [0.3, 0.4) is 0 Å². The molecule has 42 heteroatoms. The molecule has 0 saturated carbocycles. The second-order valence-corrected chi connectivity index (χ2v) is 28.9. The van der Waals surface area contributed by atoms with Crippen LogP contribution in [0.15, 0.2) is 182 Å². The van der Waals surface area contributed by atoms with Crippen molar-refractivity contribution in [1.82, 2.24) is 79.4 Å². The fourth-order valence-corrected chi connectivity index (χ4v) is 11.1. The number of nitrogens with one attached hydrogen (secondary N) is 1. The molecule has 0 unspecified atom stereocenters. The molecule has 0 bridgehead atoms. The van der Waals surface area contributed by atoms with Crippen molar-refractivity contribution in [2.24, 2.45) is 5.73 Å². The van der Waals surface area contributed by atoms with Crippen molar-refractivity contribution in [1.29, 1.82) is 0 Å². The van der Waals surface area contributed by atoms with E-state index in [1.165, 1.54) is 107 Å². The molecule has 14 rings (SSSR count). The molecule has 9 heterocycles. The van der Waals surface area contributed by atoms with Crippen molar-refractivity contribution in [3.63, 3.8) is 0 Å². The monoisotopic (exact) mass is 1760 g/mol. The molecule has 0 radical (unpaired) electrons. The fourth-order valence-electron chi connectivity index (χ4n) is 10.9. The van der Waals surface area contributed by atoms with Crippen LogP contribution in [0.25, 0.3) is 78.8 Å². The van der Waals surface area contributed by atoms with Gasteiger partial charge in [-0.3, -0.25) is 14.5 Å². The number of nitrogens with zero attached hydrogens (tertiary/aromatic N) is 15. The van der Waals surface area contributed by atoms with Crippen molar-refractivity contribution in [2.45, 2.75) is 98.2 Å². The predicted octanol–water partition coefficient (Wildman–Crippen LogP) is 8.91. The molecule has 35 nitrogen and oxygen atoms in total. The van der Waals surface area contributed by atoms with Gasteiger partial charge in [0.2, 0.25) is 0 Å². The van der Waals surface area contributed by atoms with E-state index in [1.807, 2.05) is 105 Å². The molecule has 642 valence electrons. The number of nitrogen functional groups attached to an aromatic ring is 4. The third-order valence-corrected chi connectivity index (χ3v) is 18.4. The van der Waals surface area contributed by atoms with Crippen molar-refractivity contribution in [3.05, 3.63) is 233 Å². The van der Waals surface area contributed by atoms with Gasteiger partial charge in [-0.1, -0.05) is 54.6 Å². The Morgan fingerprint density at radius 3 is 1.25 bits per heavy atom. The summed E-state index contributed by atoms with van der Waals surface area (Å²) in [5.41, 5.74) is 35.0. The van der Waals surface area contributed by atoms with Gasteiger partial charge in [0.25, 0.3) is 0 Å². The summed E-state index contributed by atoms with van der Waals surface area (Å²) < 4.78 is 91.7. The zero-order valence-electron chi connectivity index (χ0n) is 69.3. The van der Waals surface area contributed by atoms with Crippen LogP contribution in [0.5, 0.6) is 0 Å². The summed E-state index contributed by atoms with van der Waals surface area (Å²) >= 11 is 3.16. The van der Waals surface area contributed by atoms with Crippen LogP contribution in [-0.4, -0.2) is 177 Å². The van der Waals surface area contributed by atoms with Crippen LogP contribution in [0.4, 0.5) is 45.6 Å². The Hall–Kier alpha value is -13.5. The number of aromatic carboxylic acids is 1. The number of benzene rings is 5. The Bertz CT molecular complexity index is 5870. The van der Waals surface area contributed by atoms with Gasteiger partial charge in [0.05, 0.1) is 128 Å². The number of carboxylic acids is 1. The fraction of sp³-hybridized carbons (Fsp3) is 0.232. The second kappa shape index (κ2) is 43.3. The molecule has 8 aromatic heterocycles. The number of rotatable bonds is 16. The van der Waals surface area contributed by atoms with Crippen molar-refractivity contribution in [2.75, 3.05) is 50.9 Å². The van der Waals surface area contributed by atoms with Gasteiger partial charge in [0.1, 0.15) is 79.5 Å². The number of carboxylic acid groups (broad SMARTS) is 1. The van der Waals surface area contributed by atoms with Gasteiger partial charge in [-0.15, -0.1) is 0 Å². The van der Waals surface area contributed by atoms with Crippen LogP contribution < -0.4 is 53.0 Å². The Labute approximate surface area is 728 Å². The first-order valence-corrected chi connectivity index (χ1v) is 37.6. The van der Waals surface area contributed by atoms with Crippen LogP contribution in [-0.2, 0) is 41.3 Å². The number of esters is 3. The average Bonchev–Trinajstić information content (AvgIpc) is 1.62. The Morgan fingerprint density at radius 2 is 0.911 bits per heavy atom. The number of anilines is 4. The third kappa shape index (κ3) is 24.9. The number of aryl methyl sites for hydroxylation is 2. The maximum absolute atomic E-state index is 14.2. The summed E-state index contributed by atoms with van der Waals surface area (Å²) in [6, 6.07) is 25.1. The average molecular weight is 1760 g/mol. The summed E-state index contributed by atoms with van der Waals surface area (Å²) in [6.45, 7) is 18.7. The van der Waals surface area contributed by atoms with E-state index in [0.717, 1.165) is 46.1 Å². The van der Waals surface area contributed by atoms with E-state index in [1.54, 1.807) is 52.6 Å². The molecular weight excluding hydrogens is 1680 g/mol. The first-order chi connectivity index (χ1) is 57.9. The third-order valence-electron chi connectivity index (χ3n) is 18.0. The summed E-state index contributed by atoms with van der Waals surface area (Å²) in [6.07, 6.45) is 18.8. The summed E-state index contributed by atoms with van der Waals surface area (Å²) in [7, 11) is 3.03. The molecule has 13 aromatic rings. The normalized spacial score (nSPS) is 12.3. The molecular formula is C82H86BBrF4LiN21O14. The maximum Gasteiger partial charge on any atom is 1.00 e. The van der Waals surface area contributed by atoms with E-state index < -0.39 is 82.7 Å². The largest absolute Gasteiger partial charge is 1.00 e. The number of aromatic amines is 1. The van der Waals surface area contributed by atoms with Gasteiger partial charge in [0, 0.05) is 88.5 Å². The molecule has 0 amide bonds. The topological polar surface area (TPSA) is 527 Å². The zero-order valence-corrected chi connectivity index (χ0v) is 70.9. The first-order valence-electron chi connectivity index (χ1n) is 36.8. The number of aromatic nitrogens is 16. The predicted molar refractivity (Wildman–Crippen MR) is 449 cm³/mol. The second-order valence-electron chi connectivity index (χ2n) is 28.1. The number of H-pyrrole nitrogens is 1. The van der Waals surface area contributed by atoms with Gasteiger partial charge in [-0.2, -0.15) is 25.1 Å². The smallest absolute Gasteiger partial charge is 0.870 e. The standard InChI is InChI=1S/C17H16FN5O2.C16H14FN5O2.C15H12FN5O2.C14H23BN2O4.C12H9BrFN3O2.C8H11NO.Li.H2O/c1-3-23-9-11(7-21-23)14-8-20-16(19)15(22-14)10-4-5-12(13(18)6-10)17(24)25-2;1-2-22-8-10(6-20-22)13-7-19-15(18)14(21-13)9-3-4-11(16(23)24)12(17)5-9;1-23-15(22)10-3-2-8(4-11(10)16)13-14(17)18-7-12(21-13)9-5-19-20-6-9;1-12(2,3)19-11(18)17-9-10(8-16-17)15-20-13(4,5)14(6,7)21-15;1-19-12(18)7-3-2-6(4-8(7)14)10-11(15)16-5-9(13)17-10;9-8(6-10)7-4-2-1-3-5-7;;/h4-9H,3H2,1-2H3,(H2,19,20);3-8H,2H2,1H3,(H2,18,19)(H,23,24);2-7H,1H3,(H2,17,18)(H,19,20);8-9H,1-7H3;2-5H,1H3,(H2,15,16);1-5,8,10H,6,9H2;;1H2/q;;;;;;+1;/p-1/t;;;;;8-;;/m.....1../s1. The molecule has 5 aromatic carbocycles. The van der Waals surface area contributed by atoms with E-state index in [9.17, 15) is 41.5 Å². The summed E-state index contributed by atoms with van der Waals surface area (Å²) in [4.78, 5) is 90.7. The molecule has 0 aliphatic carbocycles. The summed E-state index contributed by atoms with van der Waals surface area (Å²) in [5.74, 6) is -5.94. The minimum atomic E-state index is -1.33. The van der Waals surface area contributed by atoms with E-state index >= 15 is 0 Å². The molecule has 14 N–H and O–H groups in total. The quantitative estimate of drug-likeness (QED) is 0.0193. The molecule has 1 saturated heterocycles. The molecule has 1 aliphatic rings. The van der Waals surface area contributed by atoms with Gasteiger partial charge >= 0.3 is 55.9 Å².